The molecule has 29 heavy (non-hydrogen) atoms. The number of ether oxygens (including phenoxy) is 6. The van der Waals surface area contributed by atoms with Crippen LogP contribution in [0.1, 0.15) is 34.1 Å². The maximum absolute atomic E-state index is 6.05. The summed E-state index contributed by atoms with van der Waals surface area (Å²) in [6.45, 7) is 21.2. The van der Waals surface area contributed by atoms with Gasteiger partial charge in [-0.15, -0.1) is 0 Å². The highest BCUT2D eigenvalue weighted by molar-refractivity contribution is 6.74. The van der Waals surface area contributed by atoms with Crippen molar-refractivity contribution in [3.63, 3.8) is 0 Å². The van der Waals surface area contributed by atoms with Crippen LogP contribution in [0.4, 0.5) is 0 Å². The minimum Gasteiger partial charge on any atom is -0.414 e. The van der Waals surface area contributed by atoms with E-state index in [1.165, 1.54) is 0 Å². The summed E-state index contributed by atoms with van der Waals surface area (Å²) in [7, 11) is -1.67. The average Bonchev–Trinajstić information content (AvgIpc) is 2.65. The molecule has 0 amide bonds. The lowest BCUT2D eigenvalue weighted by Crippen LogP contribution is -2.41. The molecule has 0 bridgehead atoms. The van der Waals surface area contributed by atoms with Crippen LogP contribution in [-0.4, -0.2) is 94.2 Å². The van der Waals surface area contributed by atoms with Gasteiger partial charge in [-0.3, -0.25) is 0 Å². The molecule has 0 aromatic heterocycles. The summed E-state index contributed by atoms with van der Waals surface area (Å²) in [4.78, 5) is 0. The molecule has 0 saturated carbocycles. The average molecular weight is 439 g/mol. The predicted octanol–water partition coefficient (Wildman–Crippen LogP) is 3.52. The molecule has 0 rings (SSSR count). The zero-order valence-corrected chi connectivity index (χ0v) is 20.8. The fourth-order valence-corrected chi connectivity index (χ4v) is 2.94. The summed E-state index contributed by atoms with van der Waals surface area (Å²) in [5.41, 5.74) is 0. The fourth-order valence-electron chi connectivity index (χ4n) is 1.92. The van der Waals surface area contributed by atoms with Crippen LogP contribution in [-0.2, 0) is 32.8 Å². The van der Waals surface area contributed by atoms with Crippen LogP contribution in [0.15, 0.2) is 0 Å². The fraction of sp³-hybridized carbons (Fsp3) is 1.00. The van der Waals surface area contributed by atoms with E-state index >= 15 is 0 Å². The SMILES string of the molecule is CCCOCCOCCOCCOCCOCCOCCO[Si](C)(C)C(C)(C)C. The molecule has 0 aliphatic rings. The molecule has 0 spiro atoms. The normalized spacial score (nSPS) is 12.6. The highest BCUT2D eigenvalue weighted by Gasteiger charge is 2.36. The highest BCUT2D eigenvalue weighted by Crippen LogP contribution is 2.36. The lowest BCUT2D eigenvalue weighted by Gasteiger charge is -2.36. The summed E-state index contributed by atoms with van der Waals surface area (Å²) in [6.07, 6.45) is 1.04. The van der Waals surface area contributed by atoms with E-state index in [1.54, 1.807) is 0 Å². The van der Waals surface area contributed by atoms with Crippen LogP contribution >= 0.6 is 0 Å². The third-order valence-corrected chi connectivity index (χ3v) is 9.24. The van der Waals surface area contributed by atoms with Gasteiger partial charge in [0.25, 0.3) is 0 Å². The van der Waals surface area contributed by atoms with Crippen LogP contribution in [0.5, 0.6) is 0 Å². The minimum absolute atomic E-state index is 0.234. The van der Waals surface area contributed by atoms with Crippen molar-refractivity contribution >= 4 is 8.32 Å². The summed E-state index contributed by atoms with van der Waals surface area (Å²) < 4.78 is 38.7. The zero-order chi connectivity index (χ0) is 21.8. The van der Waals surface area contributed by atoms with Gasteiger partial charge in [-0.05, 0) is 24.6 Å². The third-order valence-electron chi connectivity index (χ3n) is 4.71. The van der Waals surface area contributed by atoms with Crippen molar-refractivity contribution in [1.29, 1.82) is 0 Å². The Hall–Kier alpha value is -0.0631. The molecule has 7 nitrogen and oxygen atoms in total. The van der Waals surface area contributed by atoms with E-state index in [0.717, 1.165) is 13.0 Å². The Bertz CT molecular complexity index is 348. The first kappa shape index (κ1) is 28.9. The van der Waals surface area contributed by atoms with Crippen molar-refractivity contribution in [2.75, 3.05) is 85.9 Å². The van der Waals surface area contributed by atoms with E-state index in [4.69, 9.17) is 32.8 Å². The van der Waals surface area contributed by atoms with E-state index in [2.05, 4.69) is 40.8 Å². The highest BCUT2D eigenvalue weighted by atomic mass is 28.4. The quantitative estimate of drug-likeness (QED) is 0.201. The van der Waals surface area contributed by atoms with Crippen molar-refractivity contribution < 1.29 is 32.8 Å². The van der Waals surface area contributed by atoms with Gasteiger partial charge in [-0.1, -0.05) is 27.7 Å². The summed E-state index contributed by atoms with van der Waals surface area (Å²) in [5.74, 6) is 0. The first-order valence-electron chi connectivity index (χ1n) is 10.9. The lowest BCUT2D eigenvalue weighted by molar-refractivity contribution is -0.0179. The molecular formula is C21H46O7Si. The van der Waals surface area contributed by atoms with Crippen molar-refractivity contribution in [2.24, 2.45) is 0 Å². The van der Waals surface area contributed by atoms with E-state index < -0.39 is 8.32 Å². The predicted molar refractivity (Wildman–Crippen MR) is 118 cm³/mol. The molecular weight excluding hydrogens is 392 g/mol. The summed E-state index contributed by atoms with van der Waals surface area (Å²) in [6, 6.07) is 0. The second kappa shape index (κ2) is 18.7. The second-order valence-corrected chi connectivity index (χ2v) is 13.1. The van der Waals surface area contributed by atoms with Crippen molar-refractivity contribution in [1.82, 2.24) is 0 Å². The third kappa shape index (κ3) is 18.4. The van der Waals surface area contributed by atoms with Gasteiger partial charge >= 0.3 is 0 Å². The van der Waals surface area contributed by atoms with Crippen LogP contribution in [0, 0.1) is 0 Å². The van der Waals surface area contributed by atoms with Gasteiger partial charge in [0.05, 0.1) is 79.3 Å². The molecule has 0 N–H and O–H groups in total. The van der Waals surface area contributed by atoms with Crippen molar-refractivity contribution in [2.45, 2.75) is 52.2 Å². The Kier molecular flexibility index (Phi) is 18.6. The van der Waals surface area contributed by atoms with Crippen LogP contribution in [0.25, 0.3) is 0 Å². The second-order valence-electron chi connectivity index (χ2n) is 8.28. The maximum atomic E-state index is 6.05. The molecule has 0 unspecified atom stereocenters. The Balaban J connectivity index is 3.17. The van der Waals surface area contributed by atoms with Gasteiger partial charge in [0.15, 0.2) is 8.32 Å². The first-order chi connectivity index (χ1) is 13.8. The molecule has 0 heterocycles. The molecule has 0 aliphatic carbocycles. The largest absolute Gasteiger partial charge is 0.414 e. The van der Waals surface area contributed by atoms with Crippen LogP contribution in [0.2, 0.25) is 18.1 Å². The monoisotopic (exact) mass is 438 g/mol. The Morgan fingerprint density at radius 1 is 0.483 bits per heavy atom. The molecule has 0 aromatic carbocycles. The summed E-state index contributed by atoms with van der Waals surface area (Å²) >= 11 is 0. The Morgan fingerprint density at radius 2 is 0.759 bits per heavy atom. The van der Waals surface area contributed by atoms with Gasteiger partial charge in [0.2, 0.25) is 0 Å². The first-order valence-corrected chi connectivity index (χ1v) is 13.8. The lowest BCUT2D eigenvalue weighted by atomic mass is 10.2. The molecule has 0 atom stereocenters. The van der Waals surface area contributed by atoms with Gasteiger partial charge < -0.3 is 32.8 Å². The van der Waals surface area contributed by atoms with Gasteiger partial charge in [0.1, 0.15) is 0 Å². The summed E-state index contributed by atoms with van der Waals surface area (Å²) in [5, 5.41) is 0.234. The van der Waals surface area contributed by atoms with Crippen molar-refractivity contribution in [3.8, 4) is 0 Å². The molecule has 0 aliphatic heterocycles. The zero-order valence-electron chi connectivity index (χ0n) is 19.8. The van der Waals surface area contributed by atoms with Gasteiger partial charge in [-0.25, -0.2) is 0 Å². The molecule has 0 saturated heterocycles. The number of hydrogen-bond donors (Lipinski definition) is 0. The molecule has 8 heteroatoms. The van der Waals surface area contributed by atoms with Crippen LogP contribution in [0.3, 0.4) is 0 Å². The van der Waals surface area contributed by atoms with E-state index in [-0.39, 0.29) is 5.04 Å². The Labute approximate surface area is 179 Å². The minimum atomic E-state index is -1.67. The van der Waals surface area contributed by atoms with E-state index in [1.807, 2.05) is 0 Å². The molecule has 0 radical (unpaired) electrons. The van der Waals surface area contributed by atoms with E-state index in [0.29, 0.717) is 79.3 Å². The number of hydrogen-bond acceptors (Lipinski definition) is 7. The topological polar surface area (TPSA) is 64.6 Å². The van der Waals surface area contributed by atoms with E-state index in [9.17, 15) is 0 Å². The maximum Gasteiger partial charge on any atom is 0.192 e. The van der Waals surface area contributed by atoms with Gasteiger partial charge in [0, 0.05) is 6.61 Å². The smallest absolute Gasteiger partial charge is 0.192 e. The standard InChI is InChI=1S/C21H46O7Si/c1-7-8-22-9-10-23-11-12-24-13-14-25-15-16-26-17-18-27-19-20-28-29(5,6)21(2,3)4/h7-20H2,1-6H3. The molecule has 0 aromatic rings. The Morgan fingerprint density at radius 3 is 1.03 bits per heavy atom. The van der Waals surface area contributed by atoms with Crippen LogP contribution < -0.4 is 0 Å². The molecule has 0 fully saturated rings. The van der Waals surface area contributed by atoms with Crippen molar-refractivity contribution in [3.05, 3.63) is 0 Å². The molecule has 176 valence electrons. The van der Waals surface area contributed by atoms with Gasteiger partial charge in [-0.2, -0.15) is 0 Å². The number of rotatable bonds is 21.